The number of nitrogens with zero attached hydrogens (tertiary/aromatic N) is 2. The number of hydrogen-bond acceptors (Lipinski definition) is 5. The number of amides is 1. The summed E-state index contributed by atoms with van der Waals surface area (Å²) in [7, 11) is 2.89. The molecule has 2 aliphatic rings. The quantitative estimate of drug-likeness (QED) is 0.799. The van der Waals surface area contributed by atoms with Crippen LogP contribution < -0.4 is 5.73 Å². The Morgan fingerprint density at radius 1 is 1.10 bits per heavy atom. The van der Waals surface area contributed by atoms with Crippen molar-refractivity contribution in [3.8, 4) is 0 Å². The van der Waals surface area contributed by atoms with E-state index in [2.05, 4.69) is 4.99 Å². The minimum atomic E-state index is -1.56. The average Bonchev–Trinajstić information content (AvgIpc) is 3.04. The fourth-order valence-electron chi connectivity index (χ4n) is 4.37. The minimum absolute atomic E-state index is 0.0661. The molecule has 0 aromatic heterocycles. The van der Waals surface area contributed by atoms with E-state index in [1.807, 2.05) is 54.6 Å². The average molecular weight is 401 g/mol. The van der Waals surface area contributed by atoms with E-state index in [4.69, 9.17) is 10.5 Å². The number of ether oxygens (including phenoxy) is 1. The first-order valence-electron chi connectivity index (χ1n) is 9.67. The maximum atomic E-state index is 13.7. The van der Waals surface area contributed by atoms with Crippen molar-refractivity contribution in [3.05, 3.63) is 90.0 Å². The number of esters is 1. The van der Waals surface area contributed by atoms with E-state index in [1.165, 1.54) is 12.0 Å². The van der Waals surface area contributed by atoms with Gasteiger partial charge in [-0.25, -0.2) is 4.99 Å². The molecule has 1 heterocycles. The first-order valence-corrected chi connectivity index (χ1v) is 9.67. The van der Waals surface area contributed by atoms with Crippen LogP contribution in [0, 0.1) is 5.41 Å². The van der Waals surface area contributed by atoms with E-state index >= 15 is 0 Å². The molecule has 0 spiro atoms. The Balaban J connectivity index is 1.97. The van der Waals surface area contributed by atoms with Crippen LogP contribution in [0.5, 0.6) is 0 Å². The van der Waals surface area contributed by atoms with E-state index < -0.39 is 16.9 Å². The number of aliphatic imine (C=N–C) groups is 1. The smallest absolute Gasteiger partial charge is 0.319 e. The number of likely N-dealkylation sites (N-methyl/N-ethyl adjacent to an activating group) is 1. The van der Waals surface area contributed by atoms with Crippen LogP contribution in [0.25, 0.3) is 5.57 Å². The van der Waals surface area contributed by atoms with E-state index in [0.717, 1.165) is 11.1 Å². The summed E-state index contributed by atoms with van der Waals surface area (Å²) < 4.78 is 5.26. The molecule has 1 amide bonds. The van der Waals surface area contributed by atoms with E-state index in [1.54, 1.807) is 31.3 Å². The summed E-state index contributed by atoms with van der Waals surface area (Å²) in [5.74, 6) is -0.837. The highest BCUT2D eigenvalue weighted by atomic mass is 16.5. The van der Waals surface area contributed by atoms with E-state index in [9.17, 15) is 9.59 Å². The van der Waals surface area contributed by atoms with Crippen molar-refractivity contribution in [2.75, 3.05) is 14.2 Å². The van der Waals surface area contributed by atoms with Crippen molar-refractivity contribution in [1.29, 1.82) is 0 Å². The molecule has 2 unspecified atom stereocenters. The third-order valence-electron chi connectivity index (χ3n) is 5.92. The van der Waals surface area contributed by atoms with Crippen LogP contribution in [-0.4, -0.2) is 36.9 Å². The number of carbonyl (C=O) groups excluding carboxylic acids is 2. The highest BCUT2D eigenvalue weighted by molar-refractivity contribution is 6.10. The van der Waals surface area contributed by atoms with Crippen LogP contribution in [-0.2, 0) is 19.9 Å². The summed E-state index contributed by atoms with van der Waals surface area (Å²) in [5, 5.41) is 0. The molecular formula is C24H23N3O3. The molecule has 1 aliphatic carbocycles. The molecule has 2 aromatic rings. The Bertz CT molecular complexity index is 1080. The minimum Gasteiger partial charge on any atom is -0.468 e. The largest absolute Gasteiger partial charge is 0.468 e. The van der Waals surface area contributed by atoms with Gasteiger partial charge in [0.25, 0.3) is 5.91 Å². The van der Waals surface area contributed by atoms with Gasteiger partial charge in [0.2, 0.25) is 0 Å². The summed E-state index contributed by atoms with van der Waals surface area (Å²) in [4.78, 5) is 33.0. The van der Waals surface area contributed by atoms with Gasteiger partial charge in [-0.3, -0.25) is 14.5 Å². The molecule has 2 N–H and O–H groups in total. The van der Waals surface area contributed by atoms with Gasteiger partial charge in [-0.2, -0.15) is 0 Å². The molecule has 1 aliphatic heterocycles. The maximum Gasteiger partial charge on any atom is 0.319 e. The second-order valence-corrected chi connectivity index (χ2v) is 7.47. The predicted molar refractivity (Wildman–Crippen MR) is 115 cm³/mol. The van der Waals surface area contributed by atoms with Gasteiger partial charge in [-0.1, -0.05) is 78.9 Å². The monoisotopic (exact) mass is 401 g/mol. The fourth-order valence-corrected chi connectivity index (χ4v) is 4.37. The van der Waals surface area contributed by atoms with Crippen LogP contribution in [0.15, 0.2) is 83.9 Å². The van der Waals surface area contributed by atoms with Gasteiger partial charge < -0.3 is 10.5 Å². The molecule has 2 aromatic carbocycles. The normalized spacial score (nSPS) is 25.7. The fraction of sp³-hybridized carbons (Fsp3) is 0.208. The standard InChI is InChI=1S/C24H23N3O3/c1-27-20(28)24(26-22(27)25,19-13-7-4-8-14-19)23(21(29)30-2)15-9-12-18(16-23)17-10-5-3-6-11-17/h3-15H,16H2,1-2H3,(H2,25,26). The molecule has 2 atom stereocenters. The number of nitrogens with two attached hydrogens (primary N) is 1. The molecule has 6 nitrogen and oxygen atoms in total. The Kier molecular flexibility index (Phi) is 4.78. The SMILES string of the molecule is COC(=O)C1(C2(c3ccccc3)N=C(N)N(C)C2=O)C=CC=C(c2ccccc2)C1. The second kappa shape index (κ2) is 7.30. The van der Waals surface area contributed by atoms with E-state index in [-0.39, 0.29) is 18.3 Å². The summed E-state index contributed by atoms with van der Waals surface area (Å²) in [5.41, 5.74) is 5.61. The van der Waals surface area contributed by atoms with Gasteiger partial charge in [0, 0.05) is 7.05 Å². The topological polar surface area (TPSA) is 85.0 Å². The molecule has 0 bridgehead atoms. The summed E-state index contributed by atoms with van der Waals surface area (Å²) in [6.07, 6.45) is 5.72. The number of carbonyl (C=O) groups is 2. The van der Waals surface area contributed by atoms with Crippen LogP contribution in [0.4, 0.5) is 0 Å². The molecule has 6 heteroatoms. The predicted octanol–water partition coefficient (Wildman–Crippen LogP) is 2.87. The molecule has 30 heavy (non-hydrogen) atoms. The number of guanidine groups is 1. The van der Waals surface area contributed by atoms with Crippen LogP contribution >= 0.6 is 0 Å². The molecule has 4 rings (SSSR count). The van der Waals surface area contributed by atoms with Gasteiger partial charge in [0.1, 0.15) is 5.41 Å². The third kappa shape index (κ3) is 2.68. The van der Waals surface area contributed by atoms with Crippen molar-refractivity contribution in [2.24, 2.45) is 16.1 Å². The zero-order chi connectivity index (χ0) is 21.4. The van der Waals surface area contributed by atoms with Crippen LogP contribution in [0.2, 0.25) is 0 Å². The molecule has 0 fully saturated rings. The summed E-state index contributed by atoms with van der Waals surface area (Å²) >= 11 is 0. The van der Waals surface area contributed by atoms with Crippen molar-refractivity contribution >= 4 is 23.4 Å². The van der Waals surface area contributed by atoms with Crippen LogP contribution in [0.1, 0.15) is 17.5 Å². The lowest BCUT2D eigenvalue weighted by atomic mass is 9.60. The lowest BCUT2D eigenvalue weighted by Crippen LogP contribution is -2.55. The summed E-state index contributed by atoms with van der Waals surface area (Å²) in [6, 6.07) is 18.8. The first kappa shape index (κ1) is 19.6. The number of rotatable bonds is 4. The van der Waals surface area contributed by atoms with Gasteiger partial charge in [0.05, 0.1) is 7.11 Å². The highest BCUT2D eigenvalue weighted by Gasteiger charge is 2.65. The highest BCUT2D eigenvalue weighted by Crippen LogP contribution is 2.54. The number of allylic oxidation sites excluding steroid dienone is 3. The maximum absolute atomic E-state index is 13.7. The molecular weight excluding hydrogens is 378 g/mol. The first-order chi connectivity index (χ1) is 14.5. The van der Waals surface area contributed by atoms with Gasteiger partial charge in [-0.15, -0.1) is 0 Å². The van der Waals surface area contributed by atoms with Crippen LogP contribution in [0.3, 0.4) is 0 Å². The van der Waals surface area contributed by atoms with Crippen molar-refractivity contribution in [3.63, 3.8) is 0 Å². The second-order valence-electron chi connectivity index (χ2n) is 7.47. The molecule has 152 valence electrons. The lowest BCUT2D eigenvalue weighted by Gasteiger charge is -2.43. The van der Waals surface area contributed by atoms with Crippen molar-refractivity contribution in [1.82, 2.24) is 4.90 Å². The number of benzene rings is 2. The van der Waals surface area contributed by atoms with Gasteiger partial charge >= 0.3 is 5.97 Å². The third-order valence-corrected chi connectivity index (χ3v) is 5.92. The zero-order valence-electron chi connectivity index (χ0n) is 16.9. The number of hydrogen-bond donors (Lipinski definition) is 1. The Labute approximate surface area is 175 Å². The number of methoxy groups -OCH3 is 1. The zero-order valence-corrected chi connectivity index (χ0v) is 16.9. The van der Waals surface area contributed by atoms with E-state index in [0.29, 0.717) is 5.56 Å². The van der Waals surface area contributed by atoms with Gasteiger partial charge in [0.15, 0.2) is 11.5 Å². The molecule has 0 saturated heterocycles. The Hall–Kier alpha value is -3.67. The Morgan fingerprint density at radius 3 is 2.30 bits per heavy atom. The summed E-state index contributed by atoms with van der Waals surface area (Å²) in [6.45, 7) is 0. The van der Waals surface area contributed by atoms with Crippen molar-refractivity contribution < 1.29 is 14.3 Å². The molecule has 0 radical (unpaired) electrons. The molecule has 0 saturated carbocycles. The Morgan fingerprint density at radius 2 is 1.73 bits per heavy atom. The van der Waals surface area contributed by atoms with Gasteiger partial charge in [-0.05, 0) is 23.1 Å². The van der Waals surface area contributed by atoms with Crippen molar-refractivity contribution in [2.45, 2.75) is 12.0 Å². The lowest BCUT2D eigenvalue weighted by molar-refractivity contribution is -0.158.